The number of likely N-dealkylation sites (tertiary alicyclic amines) is 2. The minimum atomic E-state index is -0.512. The number of nitrogens with one attached hydrogen (secondary N) is 1. The van der Waals surface area contributed by atoms with Gasteiger partial charge in [0.1, 0.15) is 17.5 Å². The predicted octanol–water partition coefficient (Wildman–Crippen LogP) is 2.16. The van der Waals surface area contributed by atoms with Gasteiger partial charge >= 0.3 is 5.97 Å². The molecule has 8 heteroatoms. The van der Waals surface area contributed by atoms with E-state index in [1.54, 1.807) is 6.07 Å². The summed E-state index contributed by atoms with van der Waals surface area (Å²) in [6, 6.07) is 1.85. The SMILES string of the molecule is COC(=O)c1coc2cc(C(=O)N3CCCC(N4CCCC4=O)CC3)[nH]c12. The maximum absolute atomic E-state index is 12.9. The Balaban J connectivity index is 1.48. The highest BCUT2D eigenvalue weighted by molar-refractivity contribution is 6.04. The molecule has 2 fully saturated rings. The van der Waals surface area contributed by atoms with Crippen LogP contribution in [0.5, 0.6) is 0 Å². The molecule has 2 aliphatic heterocycles. The molecule has 1 N–H and O–H groups in total. The van der Waals surface area contributed by atoms with Gasteiger partial charge < -0.3 is 23.9 Å². The van der Waals surface area contributed by atoms with Crippen LogP contribution in [-0.4, -0.2) is 65.4 Å². The van der Waals surface area contributed by atoms with Gasteiger partial charge in [0.2, 0.25) is 5.91 Å². The van der Waals surface area contributed by atoms with Crippen molar-refractivity contribution in [2.45, 2.75) is 38.1 Å². The largest absolute Gasteiger partial charge is 0.465 e. The molecule has 2 aromatic heterocycles. The number of aromatic amines is 1. The molecule has 144 valence electrons. The molecule has 2 amide bonds. The summed E-state index contributed by atoms with van der Waals surface area (Å²) < 4.78 is 10.1. The van der Waals surface area contributed by atoms with E-state index < -0.39 is 5.97 Å². The van der Waals surface area contributed by atoms with Gasteiger partial charge in [-0.1, -0.05) is 0 Å². The van der Waals surface area contributed by atoms with E-state index in [4.69, 9.17) is 9.15 Å². The number of nitrogens with zero attached hydrogens (tertiary/aromatic N) is 2. The van der Waals surface area contributed by atoms with Crippen molar-refractivity contribution in [1.82, 2.24) is 14.8 Å². The van der Waals surface area contributed by atoms with E-state index >= 15 is 0 Å². The first-order valence-corrected chi connectivity index (χ1v) is 9.35. The highest BCUT2D eigenvalue weighted by atomic mass is 16.5. The fourth-order valence-electron chi connectivity index (χ4n) is 4.10. The Morgan fingerprint density at radius 3 is 2.81 bits per heavy atom. The molecule has 0 radical (unpaired) electrons. The lowest BCUT2D eigenvalue weighted by atomic mass is 10.1. The lowest BCUT2D eigenvalue weighted by Crippen LogP contribution is -2.37. The molecule has 1 atom stereocenters. The second kappa shape index (κ2) is 7.09. The van der Waals surface area contributed by atoms with Crippen LogP contribution in [0.3, 0.4) is 0 Å². The summed E-state index contributed by atoms with van der Waals surface area (Å²) in [6.07, 6.45) is 5.48. The molecule has 0 saturated carbocycles. The van der Waals surface area contributed by atoms with Crippen molar-refractivity contribution < 1.29 is 23.5 Å². The molecule has 4 heterocycles. The Labute approximate surface area is 156 Å². The number of methoxy groups -OCH3 is 1. The molecule has 8 nitrogen and oxygen atoms in total. The van der Waals surface area contributed by atoms with E-state index in [2.05, 4.69) is 4.98 Å². The summed E-state index contributed by atoms with van der Waals surface area (Å²) in [7, 11) is 1.30. The summed E-state index contributed by atoms with van der Waals surface area (Å²) in [4.78, 5) is 43.5. The molecule has 0 spiro atoms. The number of H-pyrrole nitrogens is 1. The normalized spacial score (nSPS) is 20.9. The summed E-state index contributed by atoms with van der Waals surface area (Å²) in [5.74, 6) is -0.395. The number of carbonyl (C=O) groups excluding carboxylic acids is 3. The summed E-state index contributed by atoms with van der Waals surface area (Å²) in [6.45, 7) is 2.10. The fourth-order valence-corrected chi connectivity index (χ4v) is 4.10. The average Bonchev–Trinajstić information content (AvgIpc) is 3.32. The van der Waals surface area contributed by atoms with Crippen LogP contribution in [-0.2, 0) is 9.53 Å². The second-order valence-corrected chi connectivity index (χ2v) is 7.13. The second-order valence-electron chi connectivity index (χ2n) is 7.13. The average molecular weight is 373 g/mol. The predicted molar refractivity (Wildman–Crippen MR) is 96.4 cm³/mol. The van der Waals surface area contributed by atoms with Gasteiger partial charge in [0.25, 0.3) is 5.91 Å². The third-order valence-electron chi connectivity index (χ3n) is 5.53. The zero-order valence-corrected chi connectivity index (χ0v) is 15.3. The minimum absolute atomic E-state index is 0.120. The van der Waals surface area contributed by atoms with Crippen molar-refractivity contribution in [3.8, 4) is 0 Å². The molecular formula is C19H23N3O5. The molecular weight excluding hydrogens is 350 g/mol. The number of hydrogen-bond donors (Lipinski definition) is 1. The van der Waals surface area contributed by atoms with Crippen LogP contribution in [0.1, 0.15) is 53.0 Å². The van der Waals surface area contributed by atoms with E-state index in [1.165, 1.54) is 13.4 Å². The van der Waals surface area contributed by atoms with Crippen molar-refractivity contribution >= 4 is 28.9 Å². The van der Waals surface area contributed by atoms with Crippen molar-refractivity contribution in [3.63, 3.8) is 0 Å². The van der Waals surface area contributed by atoms with Crippen LogP contribution in [0.2, 0.25) is 0 Å². The number of aromatic nitrogens is 1. The summed E-state index contributed by atoms with van der Waals surface area (Å²) in [5.41, 5.74) is 1.59. The molecule has 0 bridgehead atoms. The zero-order valence-electron chi connectivity index (χ0n) is 15.3. The van der Waals surface area contributed by atoms with Crippen molar-refractivity contribution in [2.75, 3.05) is 26.7 Å². The lowest BCUT2D eigenvalue weighted by Gasteiger charge is -2.26. The summed E-state index contributed by atoms with van der Waals surface area (Å²) in [5, 5.41) is 0. The van der Waals surface area contributed by atoms with Gasteiger partial charge in [0, 0.05) is 38.2 Å². The van der Waals surface area contributed by atoms with Gasteiger partial charge in [0.15, 0.2) is 5.58 Å². The molecule has 4 rings (SSSR count). The summed E-state index contributed by atoms with van der Waals surface area (Å²) >= 11 is 0. The molecule has 2 aromatic rings. The fraction of sp³-hybridized carbons (Fsp3) is 0.526. The Morgan fingerprint density at radius 2 is 2.07 bits per heavy atom. The van der Waals surface area contributed by atoms with E-state index in [1.807, 2.05) is 9.80 Å². The van der Waals surface area contributed by atoms with Gasteiger partial charge in [-0.2, -0.15) is 0 Å². The van der Waals surface area contributed by atoms with Crippen LogP contribution in [0.25, 0.3) is 11.1 Å². The van der Waals surface area contributed by atoms with E-state index in [-0.39, 0.29) is 23.4 Å². The Kier molecular flexibility index (Phi) is 4.63. The highest BCUT2D eigenvalue weighted by Gasteiger charge is 2.31. The standard InChI is InChI=1S/C19H23N3O5/c1-26-19(25)13-11-27-15-10-14(20-17(13)15)18(24)21-7-2-4-12(6-9-21)22-8-3-5-16(22)23/h10-12,20H,2-9H2,1H3. The minimum Gasteiger partial charge on any atom is -0.465 e. The van der Waals surface area contributed by atoms with E-state index in [9.17, 15) is 14.4 Å². The van der Waals surface area contributed by atoms with Crippen LogP contribution in [0.4, 0.5) is 0 Å². The smallest absolute Gasteiger partial charge is 0.343 e. The molecule has 0 aliphatic carbocycles. The zero-order chi connectivity index (χ0) is 19.0. The van der Waals surface area contributed by atoms with Gasteiger partial charge in [0.05, 0.1) is 12.6 Å². The van der Waals surface area contributed by atoms with Crippen LogP contribution in [0.15, 0.2) is 16.7 Å². The molecule has 1 unspecified atom stereocenters. The van der Waals surface area contributed by atoms with Gasteiger partial charge in [-0.3, -0.25) is 9.59 Å². The van der Waals surface area contributed by atoms with Gasteiger partial charge in [-0.05, 0) is 25.7 Å². The Hall–Kier alpha value is -2.77. The number of esters is 1. The maximum atomic E-state index is 12.9. The number of carbonyl (C=O) groups is 3. The van der Waals surface area contributed by atoms with Gasteiger partial charge in [-0.25, -0.2) is 4.79 Å². The number of hydrogen-bond acceptors (Lipinski definition) is 5. The number of furan rings is 1. The van der Waals surface area contributed by atoms with E-state index in [0.717, 1.165) is 32.2 Å². The maximum Gasteiger partial charge on any atom is 0.343 e. The Bertz CT molecular complexity index is 883. The highest BCUT2D eigenvalue weighted by Crippen LogP contribution is 2.25. The lowest BCUT2D eigenvalue weighted by molar-refractivity contribution is -0.129. The molecule has 0 aromatic carbocycles. The van der Waals surface area contributed by atoms with Crippen LogP contribution < -0.4 is 0 Å². The third-order valence-corrected chi connectivity index (χ3v) is 5.53. The molecule has 2 saturated heterocycles. The molecule has 27 heavy (non-hydrogen) atoms. The number of fused-ring (bicyclic) bond motifs is 1. The quantitative estimate of drug-likeness (QED) is 0.832. The van der Waals surface area contributed by atoms with E-state index in [0.29, 0.717) is 36.3 Å². The van der Waals surface area contributed by atoms with Crippen molar-refractivity contribution in [2.24, 2.45) is 0 Å². The van der Waals surface area contributed by atoms with Gasteiger partial charge in [-0.15, -0.1) is 0 Å². The third kappa shape index (κ3) is 3.20. The first kappa shape index (κ1) is 17.6. The van der Waals surface area contributed by atoms with Crippen LogP contribution in [0, 0.1) is 0 Å². The van der Waals surface area contributed by atoms with Crippen molar-refractivity contribution in [3.05, 3.63) is 23.6 Å². The molecule has 2 aliphatic rings. The monoisotopic (exact) mass is 373 g/mol. The van der Waals surface area contributed by atoms with Crippen LogP contribution >= 0.6 is 0 Å². The topological polar surface area (TPSA) is 95.8 Å². The number of ether oxygens (including phenoxy) is 1. The van der Waals surface area contributed by atoms with Crippen molar-refractivity contribution in [1.29, 1.82) is 0 Å². The Morgan fingerprint density at radius 1 is 1.22 bits per heavy atom. The number of amides is 2. The first-order valence-electron chi connectivity index (χ1n) is 9.35. The number of rotatable bonds is 3. The first-order chi connectivity index (χ1) is 13.1.